The summed E-state index contributed by atoms with van der Waals surface area (Å²) in [6.45, 7) is 0. The summed E-state index contributed by atoms with van der Waals surface area (Å²) in [5, 5.41) is 0. The van der Waals surface area contributed by atoms with Crippen molar-refractivity contribution in [2.24, 2.45) is 0 Å². The molecular weight excluding hydrogens is 298 g/mol. The van der Waals surface area contributed by atoms with Gasteiger partial charge in [-0.25, -0.2) is 8.78 Å². The number of benzene rings is 1. The quantitative estimate of drug-likeness (QED) is 0.766. The molecule has 2 rings (SSSR count). The van der Waals surface area contributed by atoms with Gasteiger partial charge >= 0.3 is 0 Å². The number of halogens is 3. The average Bonchev–Trinajstić information content (AvgIpc) is 2.64. The molecule has 0 atom stereocenters. The number of carbonyl (C=O) groups excluding carboxylic acids is 1. The van der Waals surface area contributed by atoms with Crippen LogP contribution in [0.3, 0.4) is 0 Å². The first-order chi connectivity index (χ1) is 7.58. The van der Waals surface area contributed by atoms with Gasteiger partial charge in [0, 0.05) is 6.07 Å². The number of ketones is 1. The summed E-state index contributed by atoms with van der Waals surface area (Å²) in [6, 6.07) is 6.23. The summed E-state index contributed by atoms with van der Waals surface area (Å²) in [6.07, 6.45) is 0. The van der Waals surface area contributed by atoms with Gasteiger partial charge in [0.15, 0.2) is 0 Å². The molecule has 1 nitrogen and oxygen atoms in total. The van der Waals surface area contributed by atoms with Crippen molar-refractivity contribution in [1.29, 1.82) is 0 Å². The lowest BCUT2D eigenvalue weighted by Crippen LogP contribution is -2.02. The predicted molar refractivity (Wildman–Crippen MR) is 61.8 cm³/mol. The SMILES string of the molecule is O=C(c1ccc(Br)s1)c1ccc(F)cc1F. The second-order valence-electron chi connectivity index (χ2n) is 3.06. The standard InChI is InChI=1S/C11H5BrF2OS/c12-10-4-3-9(16-10)11(15)7-2-1-6(13)5-8(7)14/h1-5H. The summed E-state index contributed by atoms with van der Waals surface area (Å²) in [4.78, 5) is 12.2. The smallest absolute Gasteiger partial charge is 0.205 e. The monoisotopic (exact) mass is 302 g/mol. The second-order valence-corrected chi connectivity index (χ2v) is 5.52. The molecule has 0 spiro atoms. The van der Waals surface area contributed by atoms with Gasteiger partial charge in [-0.2, -0.15) is 0 Å². The van der Waals surface area contributed by atoms with Crippen molar-refractivity contribution >= 4 is 33.0 Å². The van der Waals surface area contributed by atoms with Gasteiger partial charge < -0.3 is 0 Å². The number of carbonyl (C=O) groups is 1. The van der Waals surface area contributed by atoms with Crippen molar-refractivity contribution in [2.75, 3.05) is 0 Å². The summed E-state index contributed by atoms with van der Waals surface area (Å²) in [7, 11) is 0. The molecule has 82 valence electrons. The summed E-state index contributed by atoms with van der Waals surface area (Å²) in [5.41, 5.74) is -0.115. The normalized spacial score (nSPS) is 10.4. The molecule has 0 saturated carbocycles. The highest BCUT2D eigenvalue weighted by Gasteiger charge is 2.16. The molecule has 0 aliphatic heterocycles. The predicted octanol–water partition coefficient (Wildman–Crippen LogP) is 4.02. The zero-order valence-electron chi connectivity index (χ0n) is 7.84. The van der Waals surface area contributed by atoms with Gasteiger partial charge in [-0.15, -0.1) is 11.3 Å². The minimum absolute atomic E-state index is 0.115. The van der Waals surface area contributed by atoms with Gasteiger partial charge in [0.2, 0.25) is 5.78 Å². The number of hydrogen-bond donors (Lipinski definition) is 0. The molecule has 0 bridgehead atoms. The van der Waals surface area contributed by atoms with Gasteiger partial charge in [-0.1, -0.05) is 0 Å². The molecule has 16 heavy (non-hydrogen) atoms. The first-order valence-corrected chi connectivity index (χ1v) is 5.94. The summed E-state index contributed by atoms with van der Waals surface area (Å²) < 4.78 is 26.8. The van der Waals surface area contributed by atoms with Crippen LogP contribution < -0.4 is 0 Å². The van der Waals surface area contributed by atoms with Crippen LogP contribution in [0, 0.1) is 11.6 Å². The van der Waals surface area contributed by atoms with Crippen molar-refractivity contribution in [3.8, 4) is 0 Å². The van der Waals surface area contributed by atoms with Crippen molar-refractivity contribution < 1.29 is 13.6 Å². The minimum atomic E-state index is -0.838. The molecule has 1 aromatic heterocycles. The molecule has 5 heteroatoms. The van der Waals surface area contributed by atoms with E-state index in [1.807, 2.05) is 0 Å². The lowest BCUT2D eigenvalue weighted by atomic mass is 10.1. The zero-order chi connectivity index (χ0) is 11.7. The third kappa shape index (κ3) is 2.20. The Bertz CT molecular complexity index is 551. The van der Waals surface area contributed by atoms with E-state index in [-0.39, 0.29) is 5.56 Å². The van der Waals surface area contributed by atoms with Gasteiger partial charge in [-0.05, 0) is 40.2 Å². The van der Waals surface area contributed by atoms with E-state index < -0.39 is 17.4 Å². The Balaban J connectivity index is 2.41. The Hall–Kier alpha value is -1.07. The Morgan fingerprint density at radius 3 is 2.50 bits per heavy atom. The van der Waals surface area contributed by atoms with Crippen LogP contribution in [0.4, 0.5) is 8.78 Å². The maximum Gasteiger partial charge on any atom is 0.205 e. The van der Waals surface area contributed by atoms with Crippen LogP contribution >= 0.6 is 27.3 Å². The van der Waals surface area contributed by atoms with Crippen LogP contribution in [0.5, 0.6) is 0 Å². The number of hydrogen-bond acceptors (Lipinski definition) is 2. The molecule has 0 saturated heterocycles. The van der Waals surface area contributed by atoms with Crippen LogP contribution in [-0.2, 0) is 0 Å². The maximum absolute atomic E-state index is 13.3. The Morgan fingerprint density at radius 2 is 1.94 bits per heavy atom. The van der Waals surface area contributed by atoms with Gasteiger partial charge in [-0.3, -0.25) is 4.79 Å². The van der Waals surface area contributed by atoms with Crippen LogP contribution in [-0.4, -0.2) is 5.78 Å². The molecule has 0 radical (unpaired) electrons. The third-order valence-electron chi connectivity index (χ3n) is 1.97. The van der Waals surface area contributed by atoms with E-state index in [1.54, 1.807) is 12.1 Å². The highest BCUT2D eigenvalue weighted by atomic mass is 79.9. The fraction of sp³-hybridized carbons (Fsp3) is 0. The minimum Gasteiger partial charge on any atom is -0.288 e. The molecular formula is C11H5BrF2OS. The molecule has 0 aliphatic rings. The van der Waals surface area contributed by atoms with Crippen LogP contribution in [0.1, 0.15) is 15.2 Å². The molecule has 0 amide bonds. The molecule has 0 unspecified atom stereocenters. The highest BCUT2D eigenvalue weighted by molar-refractivity contribution is 9.11. The van der Waals surface area contributed by atoms with E-state index in [9.17, 15) is 13.6 Å². The largest absolute Gasteiger partial charge is 0.288 e. The third-order valence-corrected chi connectivity index (χ3v) is 3.60. The molecule has 2 aromatic rings. The van der Waals surface area contributed by atoms with Crippen molar-refractivity contribution in [2.45, 2.75) is 0 Å². The topological polar surface area (TPSA) is 17.1 Å². The van der Waals surface area contributed by atoms with Crippen LogP contribution in [0.15, 0.2) is 34.1 Å². The zero-order valence-corrected chi connectivity index (χ0v) is 10.2. The van der Waals surface area contributed by atoms with E-state index in [0.29, 0.717) is 10.9 Å². The fourth-order valence-corrected chi connectivity index (χ4v) is 2.58. The molecule has 0 fully saturated rings. The lowest BCUT2D eigenvalue weighted by Gasteiger charge is -1.99. The van der Waals surface area contributed by atoms with Gasteiger partial charge in [0.05, 0.1) is 14.2 Å². The van der Waals surface area contributed by atoms with Gasteiger partial charge in [0.1, 0.15) is 11.6 Å². The Morgan fingerprint density at radius 1 is 1.19 bits per heavy atom. The van der Waals surface area contributed by atoms with E-state index in [4.69, 9.17) is 0 Å². The highest BCUT2D eigenvalue weighted by Crippen LogP contribution is 2.25. The number of rotatable bonds is 2. The Labute approximate surface area is 103 Å². The molecule has 0 aliphatic carbocycles. The summed E-state index contributed by atoms with van der Waals surface area (Å²) >= 11 is 4.43. The van der Waals surface area contributed by atoms with Crippen molar-refractivity contribution in [3.63, 3.8) is 0 Å². The van der Waals surface area contributed by atoms with Crippen LogP contribution in [0.2, 0.25) is 0 Å². The van der Waals surface area contributed by atoms with Crippen molar-refractivity contribution in [1.82, 2.24) is 0 Å². The van der Waals surface area contributed by atoms with E-state index in [2.05, 4.69) is 15.9 Å². The second kappa shape index (κ2) is 4.43. The van der Waals surface area contributed by atoms with Gasteiger partial charge in [0.25, 0.3) is 0 Å². The first kappa shape index (κ1) is 11.4. The molecule has 1 aromatic carbocycles. The van der Waals surface area contributed by atoms with E-state index in [0.717, 1.165) is 15.9 Å². The first-order valence-electron chi connectivity index (χ1n) is 4.33. The summed E-state index contributed by atoms with van der Waals surface area (Å²) in [5.74, 6) is -1.97. The van der Waals surface area contributed by atoms with E-state index in [1.165, 1.54) is 11.3 Å². The fourth-order valence-electron chi connectivity index (χ4n) is 1.24. The average molecular weight is 303 g/mol. The number of thiophene rings is 1. The molecule has 1 heterocycles. The lowest BCUT2D eigenvalue weighted by molar-refractivity contribution is 0.103. The van der Waals surface area contributed by atoms with Crippen LogP contribution in [0.25, 0.3) is 0 Å². The maximum atomic E-state index is 13.3. The Kier molecular flexibility index (Phi) is 3.16. The van der Waals surface area contributed by atoms with E-state index >= 15 is 0 Å². The molecule has 0 N–H and O–H groups in total. The van der Waals surface area contributed by atoms with Crippen molar-refractivity contribution in [3.05, 3.63) is 56.2 Å².